The maximum absolute atomic E-state index is 5.91. The first-order chi connectivity index (χ1) is 6.33. The zero-order valence-electron chi connectivity index (χ0n) is 6.80. The Kier molecular flexibility index (Phi) is 2.38. The number of rotatable bonds is 1. The van der Waals surface area contributed by atoms with Crippen molar-refractivity contribution in [3.8, 4) is 0 Å². The summed E-state index contributed by atoms with van der Waals surface area (Å²) in [4.78, 5) is 4.06. The second-order valence-corrected chi connectivity index (χ2v) is 3.37. The van der Waals surface area contributed by atoms with Crippen molar-refractivity contribution < 1.29 is 0 Å². The van der Waals surface area contributed by atoms with Crippen molar-refractivity contribution in [3.05, 3.63) is 41.2 Å². The molecule has 0 saturated heterocycles. The predicted octanol–water partition coefficient (Wildman–Crippen LogP) is 3.63. The lowest BCUT2D eigenvalue weighted by Gasteiger charge is -2.03. The van der Waals surface area contributed by atoms with E-state index in [2.05, 4.69) is 4.98 Å². The third-order valence-corrected chi connectivity index (χ3v) is 2.58. The molecule has 0 radical (unpaired) electrons. The lowest BCUT2D eigenvalue weighted by molar-refractivity contribution is 1.29. The van der Waals surface area contributed by atoms with Crippen LogP contribution in [0.25, 0.3) is 10.8 Å². The van der Waals surface area contributed by atoms with E-state index in [1.807, 2.05) is 24.3 Å². The predicted molar refractivity (Wildman–Crippen MR) is 56.3 cm³/mol. The van der Waals surface area contributed by atoms with Crippen molar-refractivity contribution in [2.45, 2.75) is 5.88 Å². The third-order valence-electron chi connectivity index (χ3n) is 1.99. The van der Waals surface area contributed by atoms with E-state index in [0.717, 1.165) is 16.3 Å². The van der Waals surface area contributed by atoms with Gasteiger partial charge in [0.15, 0.2) is 0 Å². The second kappa shape index (κ2) is 3.52. The molecule has 1 aromatic carbocycles. The molecular formula is C10H7Cl2N. The highest BCUT2D eigenvalue weighted by Crippen LogP contribution is 2.24. The molecule has 3 heteroatoms. The van der Waals surface area contributed by atoms with Gasteiger partial charge in [0.25, 0.3) is 0 Å². The summed E-state index contributed by atoms with van der Waals surface area (Å²) in [7, 11) is 0. The molecule has 2 aromatic rings. The van der Waals surface area contributed by atoms with Gasteiger partial charge in [-0.2, -0.15) is 0 Å². The Morgan fingerprint density at radius 1 is 1.23 bits per heavy atom. The molecule has 1 aromatic heterocycles. The van der Waals surface area contributed by atoms with Gasteiger partial charge in [-0.25, -0.2) is 4.98 Å². The van der Waals surface area contributed by atoms with Gasteiger partial charge in [-0.15, -0.1) is 11.6 Å². The largest absolute Gasteiger partial charge is 0.244 e. The monoisotopic (exact) mass is 211 g/mol. The van der Waals surface area contributed by atoms with E-state index >= 15 is 0 Å². The fourth-order valence-electron chi connectivity index (χ4n) is 1.33. The maximum Gasteiger partial charge on any atom is 0.134 e. The highest BCUT2D eigenvalue weighted by molar-refractivity contribution is 6.32. The van der Waals surface area contributed by atoms with Gasteiger partial charge >= 0.3 is 0 Å². The smallest absolute Gasteiger partial charge is 0.134 e. The molecule has 0 aliphatic heterocycles. The van der Waals surface area contributed by atoms with Crippen LogP contribution in [0.5, 0.6) is 0 Å². The number of benzene rings is 1. The number of halogens is 2. The van der Waals surface area contributed by atoms with Crippen molar-refractivity contribution >= 4 is 34.0 Å². The molecule has 66 valence electrons. The van der Waals surface area contributed by atoms with Crippen LogP contribution in [-0.4, -0.2) is 4.98 Å². The van der Waals surface area contributed by atoms with Crippen molar-refractivity contribution in [1.82, 2.24) is 4.98 Å². The molecule has 1 nitrogen and oxygen atoms in total. The Labute approximate surface area is 86.3 Å². The molecule has 0 aliphatic rings. The molecule has 0 spiro atoms. The first kappa shape index (κ1) is 8.79. The first-order valence-electron chi connectivity index (χ1n) is 3.91. The van der Waals surface area contributed by atoms with Gasteiger partial charge in [0.1, 0.15) is 5.15 Å². The molecule has 0 unspecified atom stereocenters. The molecule has 0 N–H and O–H groups in total. The molecule has 2 rings (SSSR count). The van der Waals surface area contributed by atoms with Crippen LogP contribution in [-0.2, 0) is 5.88 Å². The van der Waals surface area contributed by atoms with E-state index < -0.39 is 0 Å². The summed E-state index contributed by atoms with van der Waals surface area (Å²) in [5.41, 5.74) is 0.904. The summed E-state index contributed by atoms with van der Waals surface area (Å²) in [6.07, 6.45) is 1.76. The Hall–Kier alpha value is -0.790. The summed E-state index contributed by atoms with van der Waals surface area (Å²) in [6, 6.07) is 7.93. The van der Waals surface area contributed by atoms with Gasteiger partial charge in [0, 0.05) is 17.1 Å². The average Bonchev–Trinajstić information content (AvgIpc) is 2.18. The van der Waals surface area contributed by atoms with Crippen LogP contribution in [0, 0.1) is 0 Å². The Balaban J connectivity index is 2.84. The lowest BCUT2D eigenvalue weighted by atomic mass is 10.1. The normalized spacial score (nSPS) is 10.6. The Morgan fingerprint density at radius 3 is 2.77 bits per heavy atom. The minimum Gasteiger partial charge on any atom is -0.244 e. The van der Waals surface area contributed by atoms with Gasteiger partial charge in [0.05, 0.1) is 5.88 Å². The van der Waals surface area contributed by atoms with Crippen molar-refractivity contribution in [2.24, 2.45) is 0 Å². The number of hydrogen-bond donors (Lipinski definition) is 0. The van der Waals surface area contributed by atoms with Crippen LogP contribution >= 0.6 is 23.2 Å². The number of aromatic nitrogens is 1. The van der Waals surface area contributed by atoms with Crippen molar-refractivity contribution in [1.29, 1.82) is 0 Å². The quantitative estimate of drug-likeness (QED) is 0.519. The molecule has 1 heterocycles. The summed E-state index contributed by atoms with van der Waals surface area (Å²) in [5.74, 6) is 0.396. The number of hydrogen-bond acceptors (Lipinski definition) is 1. The van der Waals surface area contributed by atoms with E-state index in [-0.39, 0.29) is 0 Å². The maximum atomic E-state index is 5.91. The Bertz CT molecular complexity index is 440. The number of nitrogens with zero attached hydrogens (tertiary/aromatic N) is 1. The summed E-state index contributed by atoms with van der Waals surface area (Å²) >= 11 is 11.7. The van der Waals surface area contributed by atoms with Gasteiger partial charge in [-0.1, -0.05) is 35.9 Å². The number of pyridine rings is 1. The van der Waals surface area contributed by atoms with Gasteiger partial charge in [-0.05, 0) is 5.39 Å². The van der Waals surface area contributed by atoms with Crippen LogP contribution in [0.4, 0.5) is 0 Å². The zero-order valence-corrected chi connectivity index (χ0v) is 8.31. The van der Waals surface area contributed by atoms with Crippen LogP contribution in [0.15, 0.2) is 30.5 Å². The highest BCUT2D eigenvalue weighted by Gasteiger charge is 2.04. The number of alkyl halides is 1. The Morgan fingerprint density at radius 2 is 2.00 bits per heavy atom. The van der Waals surface area contributed by atoms with Crippen molar-refractivity contribution in [2.75, 3.05) is 0 Å². The molecular weight excluding hydrogens is 205 g/mol. The molecule has 0 atom stereocenters. The summed E-state index contributed by atoms with van der Waals surface area (Å²) < 4.78 is 0. The third kappa shape index (κ3) is 1.50. The fourth-order valence-corrected chi connectivity index (χ4v) is 1.88. The zero-order chi connectivity index (χ0) is 9.26. The van der Waals surface area contributed by atoms with Crippen molar-refractivity contribution in [3.63, 3.8) is 0 Å². The van der Waals surface area contributed by atoms with E-state index in [9.17, 15) is 0 Å². The second-order valence-electron chi connectivity index (χ2n) is 2.75. The van der Waals surface area contributed by atoms with Gasteiger partial charge in [0.2, 0.25) is 0 Å². The SMILES string of the molecule is ClCc1c(Cl)ncc2ccccc12. The summed E-state index contributed by atoms with van der Waals surface area (Å²) in [6.45, 7) is 0. The topological polar surface area (TPSA) is 12.9 Å². The lowest BCUT2D eigenvalue weighted by Crippen LogP contribution is -1.87. The first-order valence-corrected chi connectivity index (χ1v) is 4.82. The standard InChI is InChI=1S/C10H7Cl2N/c11-5-9-8-4-2-1-3-7(8)6-13-10(9)12/h1-4,6H,5H2. The fraction of sp³-hybridized carbons (Fsp3) is 0.100. The van der Waals surface area contributed by atoms with Crippen LogP contribution in [0.3, 0.4) is 0 Å². The molecule has 0 bridgehead atoms. The van der Waals surface area contributed by atoms with Crippen LogP contribution < -0.4 is 0 Å². The molecule has 0 saturated carbocycles. The molecule has 0 aliphatic carbocycles. The van der Waals surface area contributed by atoms with Crippen LogP contribution in [0.2, 0.25) is 5.15 Å². The average molecular weight is 212 g/mol. The molecule has 13 heavy (non-hydrogen) atoms. The molecule has 0 fully saturated rings. The minimum atomic E-state index is 0.396. The van der Waals surface area contributed by atoms with E-state index in [0.29, 0.717) is 11.0 Å². The van der Waals surface area contributed by atoms with E-state index in [4.69, 9.17) is 23.2 Å². The van der Waals surface area contributed by atoms with Gasteiger partial charge in [-0.3, -0.25) is 0 Å². The number of fused-ring (bicyclic) bond motifs is 1. The molecule has 0 amide bonds. The minimum absolute atomic E-state index is 0.396. The summed E-state index contributed by atoms with van der Waals surface area (Å²) in [5, 5.41) is 2.65. The van der Waals surface area contributed by atoms with E-state index in [1.54, 1.807) is 6.20 Å². The van der Waals surface area contributed by atoms with E-state index in [1.165, 1.54) is 0 Å². The highest BCUT2D eigenvalue weighted by atomic mass is 35.5. The van der Waals surface area contributed by atoms with Gasteiger partial charge < -0.3 is 0 Å². The van der Waals surface area contributed by atoms with Crippen LogP contribution in [0.1, 0.15) is 5.56 Å².